The number of hydrogen-bond donors (Lipinski definition) is 1. The Morgan fingerprint density at radius 3 is 2.56 bits per heavy atom. The molecule has 0 radical (unpaired) electrons. The highest BCUT2D eigenvalue weighted by molar-refractivity contribution is 6.30. The van der Waals surface area contributed by atoms with Crippen molar-refractivity contribution < 1.29 is 27.0 Å². The van der Waals surface area contributed by atoms with Crippen molar-refractivity contribution in [1.82, 2.24) is 19.7 Å². The van der Waals surface area contributed by atoms with E-state index in [9.17, 15) is 17.6 Å². The fourth-order valence-electron chi connectivity index (χ4n) is 4.96. The normalized spacial score (nSPS) is 21.5. The molecule has 1 aliphatic carbocycles. The Hall–Kier alpha value is -3.28. The van der Waals surface area contributed by atoms with Crippen molar-refractivity contribution in [3.05, 3.63) is 47.4 Å². The monoisotopic (exact) mass is 526 g/mol. The molecule has 2 unspecified atom stereocenters. The van der Waals surface area contributed by atoms with Gasteiger partial charge in [0.25, 0.3) is 0 Å². The zero-order chi connectivity index (χ0) is 25.4. The predicted octanol–water partition coefficient (Wildman–Crippen LogP) is 5.16. The fourth-order valence-corrected chi connectivity index (χ4v) is 5.17. The third-order valence-corrected chi connectivity index (χ3v) is 6.65. The third kappa shape index (κ3) is 5.43. The number of nitrogens with one attached hydrogen (secondary N) is 1. The van der Waals surface area contributed by atoms with Crippen LogP contribution in [0, 0.1) is 17.7 Å². The second-order valence-corrected chi connectivity index (χ2v) is 9.36. The minimum absolute atomic E-state index is 0.0109. The molecular weight excluding hydrogens is 504 g/mol. The summed E-state index contributed by atoms with van der Waals surface area (Å²) in [4.78, 5) is 10.6. The predicted molar refractivity (Wildman–Crippen MR) is 124 cm³/mol. The summed E-state index contributed by atoms with van der Waals surface area (Å²) in [6.07, 6.45) is -0.922. The number of halogens is 5. The summed E-state index contributed by atoms with van der Waals surface area (Å²) < 4.78 is 64.5. The molecule has 8 nitrogen and oxygen atoms in total. The maximum Gasteiger partial charge on any atom is 0.408 e. The Balaban J connectivity index is 1.34. The molecule has 1 N–H and O–H groups in total. The van der Waals surface area contributed by atoms with E-state index in [1.807, 2.05) is 12.1 Å². The van der Waals surface area contributed by atoms with Crippen LogP contribution < -0.4 is 19.7 Å². The van der Waals surface area contributed by atoms with Crippen molar-refractivity contribution in [1.29, 1.82) is 0 Å². The fraction of sp³-hybridized carbons (Fsp3) is 0.435. The first-order valence-electron chi connectivity index (χ1n) is 11.3. The molecule has 2 aliphatic rings. The lowest BCUT2D eigenvalue weighted by molar-refractivity contribution is -0.143. The molecule has 1 aliphatic heterocycles. The van der Waals surface area contributed by atoms with Crippen molar-refractivity contribution in [3.63, 3.8) is 0 Å². The van der Waals surface area contributed by atoms with Gasteiger partial charge in [-0.05, 0) is 42.9 Å². The van der Waals surface area contributed by atoms with Crippen LogP contribution in [0.25, 0.3) is 0 Å². The molecule has 0 amide bonds. The number of fused-ring (bicyclic) bond motifs is 2. The van der Waals surface area contributed by atoms with E-state index in [4.69, 9.17) is 21.1 Å². The molecule has 2 atom stereocenters. The highest BCUT2D eigenvalue weighted by atomic mass is 35.5. The summed E-state index contributed by atoms with van der Waals surface area (Å²) in [5, 5.41) is 7.29. The van der Waals surface area contributed by atoms with Gasteiger partial charge in [0.1, 0.15) is 18.1 Å². The molecule has 1 saturated carbocycles. The maximum absolute atomic E-state index is 13.7. The average Bonchev–Trinajstić information content (AvgIpc) is 3.26. The van der Waals surface area contributed by atoms with Gasteiger partial charge in [-0.3, -0.25) is 0 Å². The van der Waals surface area contributed by atoms with Gasteiger partial charge in [0.15, 0.2) is 0 Å². The summed E-state index contributed by atoms with van der Waals surface area (Å²) in [6, 6.07) is 6.75. The van der Waals surface area contributed by atoms with Crippen molar-refractivity contribution in [3.8, 4) is 17.6 Å². The molecule has 2 aromatic heterocycles. The van der Waals surface area contributed by atoms with Crippen molar-refractivity contribution in [2.45, 2.75) is 31.6 Å². The Bertz CT molecular complexity index is 1210. The summed E-state index contributed by atoms with van der Waals surface area (Å²) in [7, 11) is 1.57. The van der Waals surface area contributed by atoms with Gasteiger partial charge >= 0.3 is 12.2 Å². The third-order valence-electron chi connectivity index (χ3n) is 6.43. The largest absolute Gasteiger partial charge is 0.481 e. The Labute approximate surface area is 209 Å². The Morgan fingerprint density at radius 2 is 1.89 bits per heavy atom. The molecule has 1 aromatic carbocycles. The first kappa shape index (κ1) is 24.4. The van der Waals surface area contributed by atoms with Crippen LogP contribution in [0.1, 0.15) is 12.8 Å². The highest BCUT2D eigenvalue weighted by Crippen LogP contribution is 2.40. The number of pyridine rings is 1. The van der Waals surface area contributed by atoms with Crippen LogP contribution in [-0.4, -0.2) is 52.2 Å². The van der Waals surface area contributed by atoms with E-state index in [2.05, 4.69) is 25.3 Å². The van der Waals surface area contributed by atoms with E-state index in [-0.39, 0.29) is 34.6 Å². The topological polar surface area (TPSA) is 77.3 Å². The molecule has 2 bridgehead atoms. The molecule has 13 heteroatoms. The van der Waals surface area contributed by atoms with Crippen LogP contribution in [0.5, 0.6) is 17.6 Å². The zero-order valence-electron chi connectivity index (χ0n) is 19.2. The SMILES string of the molecule is COc1cc(N2CC3CCC(C2)C3Nc2nc(Oc3cc(F)cc(Cl)c3)n(CC(F)(F)F)n2)ccn1. The summed E-state index contributed by atoms with van der Waals surface area (Å²) in [5.74, 6) is 0.272. The Morgan fingerprint density at radius 1 is 1.14 bits per heavy atom. The van der Waals surface area contributed by atoms with Crippen LogP contribution in [0.4, 0.5) is 29.2 Å². The number of nitrogens with zero attached hydrogens (tertiary/aromatic N) is 5. The molecule has 36 heavy (non-hydrogen) atoms. The number of aromatic nitrogens is 4. The van der Waals surface area contributed by atoms with Crippen LogP contribution in [0.2, 0.25) is 5.02 Å². The quantitative estimate of drug-likeness (QED) is 0.426. The number of anilines is 2. The zero-order valence-corrected chi connectivity index (χ0v) is 19.9. The molecular formula is C23H23ClF4N6O2. The molecule has 2 fully saturated rings. The van der Waals surface area contributed by atoms with Crippen molar-refractivity contribution in [2.24, 2.45) is 11.8 Å². The number of methoxy groups -OCH3 is 1. The molecule has 5 rings (SSSR count). The van der Waals surface area contributed by atoms with E-state index in [1.165, 1.54) is 6.07 Å². The van der Waals surface area contributed by atoms with Gasteiger partial charge in [-0.1, -0.05) is 11.6 Å². The summed E-state index contributed by atoms with van der Waals surface area (Å²) >= 11 is 5.84. The van der Waals surface area contributed by atoms with Crippen LogP contribution >= 0.6 is 11.6 Å². The van der Waals surface area contributed by atoms with Gasteiger partial charge < -0.3 is 19.7 Å². The van der Waals surface area contributed by atoms with Gasteiger partial charge in [-0.15, -0.1) is 5.10 Å². The number of ether oxygens (including phenoxy) is 2. The highest BCUT2D eigenvalue weighted by Gasteiger charge is 2.43. The van der Waals surface area contributed by atoms with Gasteiger partial charge in [0.05, 0.1) is 7.11 Å². The van der Waals surface area contributed by atoms with E-state index in [0.717, 1.165) is 43.8 Å². The molecule has 1 saturated heterocycles. The number of alkyl halides is 3. The van der Waals surface area contributed by atoms with Gasteiger partial charge in [0.2, 0.25) is 11.8 Å². The minimum Gasteiger partial charge on any atom is -0.481 e. The van der Waals surface area contributed by atoms with Gasteiger partial charge in [-0.2, -0.15) is 18.2 Å². The number of benzene rings is 1. The van der Waals surface area contributed by atoms with Crippen molar-refractivity contribution in [2.75, 3.05) is 30.4 Å². The van der Waals surface area contributed by atoms with Crippen molar-refractivity contribution >= 4 is 23.2 Å². The molecule has 3 aromatic rings. The van der Waals surface area contributed by atoms with E-state index >= 15 is 0 Å². The lowest BCUT2D eigenvalue weighted by Gasteiger charge is -2.39. The standard InChI is InChI=1S/C23H23ClF4N6O2/c1-35-19-9-17(4-5-29-19)33-10-13-2-3-14(11-33)20(13)30-21-31-22(34(32-21)12-23(26,27)28)36-18-7-15(24)6-16(25)8-18/h4-9,13-14,20H,2-3,10-12H2,1H3,(H,30,32). The molecule has 192 valence electrons. The van der Waals surface area contributed by atoms with E-state index in [0.29, 0.717) is 10.6 Å². The lowest BCUT2D eigenvalue weighted by Crippen LogP contribution is -2.48. The smallest absolute Gasteiger partial charge is 0.408 e. The summed E-state index contributed by atoms with van der Waals surface area (Å²) in [6.45, 7) is 0.112. The number of rotatable bonds is 7. The second kappa shape index (κ2) is 9.64. The van der Waals surface area contributed by atoms with E-state index < -0.39 is 24.5 Å². The Kier molecular flexibility index (Phi) is 6.54. The van der Waals surface area contributed by atoms with Crippen LogP contribution in [-0.2, 0) is 6.54 Å². The number of piperidine rings is 1. The van der Waals surface area contributed by atoms with Crippen LogP contribution in [0.15, 0.2) is 36.5 Å². The van der Waals surface area contributed by atoms with Gasteiger partial charge in [0, 0.05) is 48.2 Å². The second-order valence-electron chi connectivity index (χ2n) is 8.93. The van der Waals surface area contributed by atoms with E-state index in [1.54, 1.807) is 13.3 Å². The first-order valence-corrected chi connectivity index (χ1v) is 11.7. The maximum atomic E-state index is 13.7. The first-order chi connectivity index (χ1) is 17.2. The molecule has 3 heterocycles. The minimum atomic E-state index is -4.56. The average molecular weight is 527 g/mol. The van der Waals surface area contributed by atoms with Gasteiger partial charge in [-0.25, -0.2) is 14.1 Å². The molecule has 0 spiro atoms. The lowest BCUT2D eigenvalue weighted by atomic mass is 9.92. The number of hydrogen-bond acceptors (Lipinski definition) is 7. The summed E-state index contributed by atoms with van der Waals surface area (Å²) in [5.41, 5.74) is 1.01. The van der Waals surface area contributed by atoms with Crippen LogP contribution in [0.3, 0.4) is 0 Å².